The van der Waals surface area contributed by atoms with E-state index in [0.29, 0.717) is 3.57 Å². The highest BCUT2D eigenvalue weighted by molar-refractivity contribution is 14.1. The number of hydrogen-bond acceptors (Lipinski definition) is 3. The number of rotatable bonds is 3. The third kappa shape index (κ3) is 4.02. The third-order valence-corrected chi connectivity index (χ3v) is 2.85. The van der Waals surface area contributed by atoms with Crippen LogP contribution in [0, 0.1) is 13.7 Å². The number of alkyl halides is 3. The van der Waals surface area contributed by atoms with Gasteiger partial charge in [0.25, 0.3) is 5.69 Å². The minimum absolute atomic E-state index is 0.116. The molecule has 0 aliphatic carbocycles. The molecule has 0 aliphatic heterocycles. The van der Waals surface area contributed by atoms with Crippen LogP contribution >= 0.6 is 22.6 Å². The molecule has 4 nitrogen and oxygen atoms in total. The maximum absolute atomic E-state index is 12.1. The van der Waals surface area contributed by atoms with Crippen LogP contribution in [0.25, 0.3) is 0 Å². The number of hydrogen-bond donors (Lipinski definition) is 0. The van der Waals surface area contributed by atoms with Crippen molar-refractivity contribution in [1.82, 2.24) is 0 Å². The van der Waals surface area contributed by atoms with Gasteiger partial charge in [-0.25, -0.2) is 0 Å². The van der Waals surface area contributed by atoms with Crippen LogP contribution in [0.2, 0.25) is 0 Å². The lowest BCUT2D eigenvalue weighted by molar-refractivity contribution is -0.385. The Morgan fingerprint density at radius 1 is 1.47 bits per heavy atom. The van der Waals surface area contributed by atoms with Gasteiger partial charge < -0.3 is 4.90 Å². The summed E-state index contributed by atoms with van der Waals surface area (Å²) in [4.78, 5) is 11.0. The molecule has 8 heteroatoms. The summed E-state index contributed by atoms with van der Waals surface area (Å²) in [5.74, 6) is 0. The van der Waals surface area contributed by atoms with E-state index in [0.717, 1.165) is 4.90 Å². The van der Waals surface area contributed by atoms with Gasteiger partial charge in [-0.1, -0.05) is 0 Å². The molecule has 0 fully saturated rings. The predicted molar refractivity (Wildman–Crippen MR) is 65.1 cm³/mol. The lowest BCUT2D eigenvalue weighted by Gasteiger charge is -2.20. The summed E-state index contributed by atoms with van der Waals surface area (Å²) in [7, 11) is 1.28. The fourth-order valence-corrected chi connectivity index (χ4v) is 1.94. The van der Waals surface area contributed by atoms with E-state index in [9.17, 15) is 23.3 Å². The number of nitro benzene ring substituents is 1. The van der Waals surface area contributed by atoms with Crippen molar-refractivity contribution in [1.29, 1.82) is 0 Å². The highest BCUT2D eigenvalue weighted by Gasteiger charge is 2.29. The molecule has 0 heterocycles. The molecule has 0 bridgehead atoms. The number of nitro groups is 1. The Balaban J connectivity index is 2.94. The molecule has 0 aliphatic rings. The summed E-state index contributed by atoms with van der Waals surface area (Å²) in [5.41, 5.74) is 0.173. The van der Waals surface area contributed by atoms with Crippen LogP contribution in [0.1, 0.15) is 0 Å². The summed E-state index contributed by atoms with van der Waals surface area (Å²) in [6.07, 6.45) is -4.30. The van der Waals surface area contributed by atoms with E-state index < -0.39 is 17.6 Å². The minimum atomic E-state index is -4.30. The average molecular weight is 360 g/mol. The van der Waals surface area contributed by atoms with Crippen LogP contribution in [0.15, 0.2) is 18.2 Å². The van der Waals surface area contributed by atoms with E-state index >= 15 is 0 Å². The molecule has 0 amide bonds. The monoisotopic (exact) mass is 360 g/mol. The standard InChI is InChI=1S/C9H8F3IN2O2/c1-14(5-9(10,11)12)6-2-3-8(15(16)17)7(13)4-6/h2-4H,5H2,1H3. The molecule has 0 radical (unpaired) electrons. The molecule has 0 N–H and O–H groups in total. The maximum Gasteiger partial charge on any atom is 0.405 e. The smallest absolute Gasteiger partial charge is 0.366 e. The van der Waals surface area contributed by atoms with Gasteiger partial charge in [0.05, 0.1) is 8.49 Å². The van der Waals surface area contributed by atoms with Gasteiger partial charge in [-0.2, -0.15) is 13.2 Å². The Bertz CT molecular complexity index is 437. The second-order valence-electron chi connectivity index (χ2n) is 3.36. The zero-order chi connectivity index (χ0) is 13.2. The van der Waals surface area contributed by atoms with Gasteiger partial charge in [-0.15, -0.1) is 0 Å². The minimum Gasteiger partial charge on any atom is -0.366 e. The maximum atomic E-state index is 12.1. The van der Waals surface area contributed by atoms with E-state index in [2.05, 4.69) is 0 Å². The summed E-state index contributed by atoms with van der Waals surface area (Å²) >= 11 is 1.72. The summed E-state index contributed by atoms with van der Waals surface area (Å²) in [6.45, 7) is -1.10. The van der Waals surface area contributed by atoms with Gasteiger partial charge in [-0.3, -0.25) is 10.1 Å². The van der Waals surface area contributed by atoms with Crippen molar-refractivity contribution in [2.24, 2.45) is 0 Å². The fourth-order valence-electron chi connectivity index (χ4n) is 1.24. The SMILES string of the molecule is CN(CC(F)(F)F)c1ccc([N+](=O)[O-])c(I)c1. The number of benzene rings is 1. The average Bonchev–Trinajstić information content (AvgIpc) is 2.14. The van der Waals surface area contributed by atoms with Crippen LogP contribution < -0.4 is 4.90 Å². The van der Waals surface area contributed by atoms with E-state index in [4.69, 9.17) is 0 Å². The van der Waals surface area contributed by atoms with Crippen LogP contribution in [-0.2, 0) is 0 Å². The van der Waals surface area contributed by atoms with Crippen molar-refractivity contribution >= 4 is 34.0 Å². The summed E-state index contributed by atoms with van der Waals surface area (Å²) < 4.78 is 36.7. The van der Waals surface area contributed by atoms with E-state index in [1.54, 1.807) is 22.6 Å². The lowest BCUT2D eigenvalue weighted by atomic mass is 10.2. The van der Waals surface area contributed by atoms with Crippen molar-refractivity contribution < 1.29 is 18.1 Å². The molecule has 0 spiro atoms. The molecule has 17 heavy (non-hydrogen) atoms. The topological polar surface area (TPSA) is 46.4 Å². The zero-order valence-electron chi connectivity index (χ0n) is 8.66. The van der Waals surface area contributed by atoms with Crippen molar-refractivity contribution in [3.63, 3.8) is 0 Å². The van der Waals surface area contributed by atoms with Crippen LogP contribution in [0.5, 0.6) is 0 Å². The predicted octanol–water partition coefficient (Wildman–Crippen LogP) is 3.20. The molecular formula is C9H8F3IN2O2. The van der Waals surface area contributed by atoms with E-state index in [1.807, 2.05) is 0 Å². The number of halogens is 4. The Morgan fingerprint density at radius 2 is 2.06 bits per heavy atom. The largest absolute Gasteiger partial charge is 0.405 e. The normalized spacial score (nSPS) is 11.4. The first-order valence-corrected chi connectivity index (χ1v) is 5.50. The molecule has 1 rings (SSSR count). The Labute approximate surface area is 109 Å². The molecular weight excluding hydrogens is 352 g/mol. The Kier molecular flexibility index (Phi) is 4.17. The van der Waals surface area contributed by atoms with Gasteiger partial charge in [0.15, 0.2) is 0 Å². The van der Waals surface area contributed by atoms with E-state index in [-0.39, 0.29) is 11.4 Å². The second kappa shape index (κ2) is 5.07. The highest BCUT2D eigenvalue weighted by Crippen LogP contribution is 2.27. The van der Waals surface area contributed by atoms with Crippen molar-refractivity contribution in [2.45, 2.75) is 6.18 Å². The third-order valence-electron chi connectivity index (χ3n) is 1.99. The summed E-state index contributed by atoms with van der Waals surface area (Å²) in [6, 6.07) is 3.85. The first-order valence-electron chi connectivity index (χ1n) is 4.42. The molecule has 0 unspecified atom stereocenters. The van der Waals surface area contributed by atoms with Gasteiger partial charge in [-0.05, 0) is 34.7 Å². The zero-order valence-corrected chi connectivity index (χ0v) is 10.8. The molecule has 0 atom stereocenters. The quantitative estimate of drug-likeness (QED) is 0.473. The van der Waals surface area contributed by atoms with Crippen LogP contribution in [0.4, 0.5) is 24.5 Å². The van der Waals surface area contributed by atoms with E-state index in [1.165, 1.54) is 25.2 Å². The lowest BCUT2D eigenvalue weighted by Crippen LogP contribution is -2.30. The van der Waals surface area contributed by atoms with Crippen molar-refractivity contribution in [2.75, 3.05) is 18.5 Å². The highest BCUT2D eigenvalue weighted by atomic mass is 127. The number of anilines is 1. The van der Waals surface area contributed by atoms with Crippen molar-refractivity contribution in [3.05, 3.63) is 31.9 Å². The Morgan fingerprint density at radius 3 is 2.47 bits per heavy atom. The molecule has 1 aromatic rings. The van der Waals surface area contributed by atoms with Gasteiger partial charge >= 0.3 is 6.18 Å². The van der Waals surface area contributed by atoms with Gasteiger partial charge in [0, 0.05) is 18.8 Å². The fraction of sp³-hybridized carbons (Fsp3) is 0.333. The molecule has 94 valence electrons. The number of nitrogens with zero attached hydrogens (tertiary/aromatic N) is 2. The van der Waals surface area contributed by atoms with Gasteiger partial charge in [0.2, 0.25) is 0 Å². The molecule has 1 aromatic carbocycles. The first kappa shape index (κ1) is 14.0. The first-order chi connectivity index (χ1) is 7.70. The second-order valence-corrected chi connectivity index (χ2v) is 4.53. The Hall–Kier alpha value is -1.06. The van der Waals surface area contributed by atoms with Crippen LogP contribution in [0.3, 0.4) is 0 Å². The molecule has 0 saturated carbocycles. The van der Waals surface area contributed by atoms with Crippen LogP contribution in [-0.4, -0.2) is 24.7 Å². The molecule has 0 aromatic heterocycles. The molecule has 0 saturated heterocycles. The van der Waals surface area contributed by atoms with Crippen molar-refractivity contribution in [3.8, 4) is 0 Å². The van der Waals surface area contributed by atoms with Gasteiger partial charge in [0.1, 0.15) is 6.54 Å². The summed E-state index contributed by atoms with van der Waals surface area (Å²) in [5, 5.41) is 10.5.